The van der Waals surface area contributed by atoms with Gasteiger partial charge in [-0.3, -0.25) is 19.2 Å². The van der Waals surface area contributed by atoms with Crippen molar-refractivity contribution in [3.8, 4) is 97.3 Å². The van der Waals surface area contributed by atoms with Crippen molar-refractivity contribution < 1.29 is 85.9 Å². The van der Waals surface area contributed by atoms with E-state index in [9.17, 15) is 24.3 Å². The van der Waals surface area contributed by atoms with E-state index in [0.29, 0.717) is 101 Å². The zero-order chi connectivity index (χ0) is 68.5. The van der Waals surface area contributed by atoms with Crippen LogP contribution in [0.3, 0.4) is 0 Å². The number of carbonyl (C=O) groups excluding carboxylic acids is 4. The molecule has 0 saturated carbocycles. The fourth-order valence-corrected chi connectivity index (χ4v) is 9.21. The standard InChI is InChI=1S/2C23H23NO5.C17H17BrO4.C11H14O4/c2*1-4-28-20-10-16(12-23(25)27-3)11-21(14-20)29-19-7-5-6-17(13-19)18-8-9-22(26-2)24-15-18;1-3-21-15-7-12(9-17(19)20-2)8-16(11-15)22-14-6-4-5-13(18)10-14;1-3-15-10-5-8(4-9(12)7-10)6-11(13)14-2/h2*5-11,13-15H,4,12H2,1-3H3;4-8,10-11H,3,9H2,1-2H3;4-5,7,12H,3,6H2,1-2H3. The Kier molecular flexibility index (Phi) is 30.0. The summed E-state index contributed by atoms with van der Waals surface area (Å²) in [5, 5.41) is 9.37. The highest BCUT2D eigenvalue weighted by atomic mass is 79.9. The topological polar surface area (TPSA) is 234 Å². The number of pyridine rings is 2. The van der Waals surface area contributed by atoms with Crippen molar-refractivity contribution in [2.75, 3.05) is 69.1 Å². The lowest BCUT2D eigenvalue weighted by Gasteiger charge is -2.12. The van der Waals surface area contributed by atoms with E-state index in [1.807, 2.05) is 143 Å². The number of benzene rings is 7. The molecule has 0 aliphatic heterocycles. The molecule has 0 aliphatic rings. The molecule has 95 heavy (non-hydrogen) atoms. The number of carbonyl (C=O) groups is 4. The van der Waals surface area contributed by atoms with E-state index in [1.54, 1.807) is 69.1 Å². The molecule has 2 aromatic heterocycles. The highest BCUT2D eigenvalue weighted by Crippen LogP contribution is 2.34. The molecule has 2 heterocycles. The van der Waals surface area contributed by atoms with Crippen LogP contribution < -0.4 is 42.6 Å². The molecule has 0 atom stereocenters. The summed E-state index contributed by atoms with van der Waals surface area (Å²) in [6, 6.07) is 51.4. The number of hydrogen-bond donors (Lipinski definition) is 1. The lowest BCUT2D eigenvalue weighted by atomic mass is 10.1. The van der Waals surface area contributed by atoms with Gasteiger partial charge in [-0.1, -0.05) is 46.3 Å². The van der Waals surface area contributed by atoms with Crippen LogP contribution in [0.25, 0.3) is 22.3 Å². The van der Waals surface area contributed by atoms with E-state index in [0.717, 1.165) is 43.4 Å². The zero-order valence-corrected chi connectivity index (χ0v) is 56.2. The van der Waals surface area contributed by atoms with Gasteiger partial charge in [0.25, 0.3) is 0 Å². The SMILES string of the molecule is CCOc1cc(CC(=O)OC)cc(Oc2cccc(-c3ccc(OC)nc3)c2)c1.CCOc1cc(CC(=O)OC)cc(Oc2cccc(-c3ccc(OC)nc3)c2)c1.CCOc1cc(CC(=O)OC)cc(Oc2cccc(Br)c2)c1.CCOc1cc(O)cc(CC(=O)OC)c1. The minimum absolute atomic E-state index is 0.0832. The number of phenolic OH excluding ortho intramolecular Hbond substituents is 1. The van der Waals surface area contributed by atoms with Crippen molar-refractivity contribution in [1.29, 1.82) is 0 Å². The van der Waals surface area contributed by atoms with E-state index in [4.69, 9.17) is 56.8 Å². The molecule has 9 aromatic rings. The highest BCUT2D eigenvalue weighted by Gasteiger charge is 2.14. The van der Waals surface area contributed by atoms with Crippen molar-refractivity contribution in [3.05, 3.63) is 209 Å². The van der Waals surface area contributed by atoms with Crippen LogP contribution in [0.15, 0.2) is 187 Å². The van der Waals surface area contributed by atoms with Crippen molar-refractivity contribution in [3.63, 3.8) is 0 Å². The molecule has 9 rings (SSSR count). The van der Waals surface area contributed by atoms with Crippen LogP contribution in [0.5, 0.6) is 75.0 Å². The summed E-state index contributed by atoms with van der Waals surface area (Å²) in [5.74, 6) is 6.21. The van der Waals surface area contributed by atoms with E-state index in [2.05, 4.69) is 30.6 Å². The van der Waals surface area contributed by atoms with Crippen molar-refractivity contribution in [1.82, 2.24) is 9.97 Å². The van der Waals surface area contributed by atoms with Crippen LogP contribution >= 0.6 is 15.9 Å². The third-order valence-corrected chi connectivity index (χ3v) is 13.5. The van der Waals surface area contributed by atoms with Crippen LogP contribution in [0.2, 0.25) is 0 Å². The normalized spacial score (nSPS) is 10.2. The van der Waals surface area contributed by atoms with Gasteiger partial charge in [-0.05, 0) is 164 Å². The molecular formula is C74H77BrN2O18. The first kappa shape index (κ1) is 73.3. The van der Waals surface area contributed by atoms with Gasteiger partial charge < -0.3 is 66.7 Å². The number of ether oxygens (including phenoxy) is 13. The first-order valence-electron chi connectivity index (χ1n) is 30.0. The van der Waals surface area contributed by atoms with E-state index >= 15 is 0 Å². The first-order valence-corrected chi connectivity index (χ1v) is 30.8. The fraction of sp³-hybridized carbons (Fsp3) is 0.243. The quantitative estimate of drug-likeness (QED) is 0.0392. The van der Waals surface area contributed by atoms with Gasteiger partial charge in [-0.15, -0.1) is 0 Å². The molecule has 7 aromatic carbocycles. The Morgan fingerprint density at radius 3 is 0.968 bits per heavy atom. The molecule has 0 bridgehead atoms. The Bertz CT molecular complexity index is 3760. The number of phenols is 1. The molecule has 1 N–H and O–H groups in total. The van der Waals surface area contributed by atoms with Gasteiger partial charge in [-0.25, -0.2) is 9.97 Å². The van der Waals surface area contributed by atoms with Crippen molar-refractivity contribution in [2.24, 2.45) is 0 Å². The number of aromatic nitrogens is 2. The molecular weight excluding hydrogens is 1280 g/mol. The van der Waals surface area contributed by atoms with Gasteiger partial charge in [0.05, 0.1) is 94.8 Å². The molecule has 0 unspecified atom stereocenters. The maximum Gasteiger partial charge on any atom is 0.309 e. The van der Waals surface area contributed by atoms with Crippen LogP contribution in [0, 0.1) is 0 Å². The maximum atomic E-state index is 11.6. The van der Waals surface area contributed by atoms with Gasteiger partial charge in [-0.2, -0.15) is 0 Å². The maximum absolute atomic E-state index is 11.6. The van der Waals surface area contributed by atoms with Gasteiger partial charge in [0.2, 0.25) is 11.8 Å². The molecule has 0 aliphatic carbocycles. The number of aromatic hydroxyl groups is 1. The lowest BCUT2D eigenvalue weighted by Crippen LogP contribution is -2.05. The molecule has 0 fully saturated rings. The molecule has 0 saturated heterocycles. The Labute approximate surface area is 561 Å². The fourth-order valence-electron chi connectivity index (χ4n) is 8.84. The summed E-state index contributed by atoms with van der Waals surface area (Å²) in [7, 11) is 8.60. The second-order valence-corrected chi connectivity index (χ2v) is 20.9. The summed E-state index contributed by atoms with van der Waals surface area (Å²) in [4.78, 5) is 54.3. The summed E-state index contributed by atoms with van der Waals surface area (Å²) < 4.78 is 69.8. The third kappa shape index (κ3) is 25.3. The predicted octanol–water partition coefficient (Wildman–Crippen LogP) is 15.2. The number of nitrogens with zero attached hydrogens (tertiary/aromatic N) is 2. The van der Waals surface area contributed by atoms with Crippen LogP contribution in [0.4, 0.5) is 0 Å². The largest absolute Gasteiger partial charge is 0.508 e. The number of esters is 4. The van der Waals surface area contributed by atoms with Crippen LogP contribution in [-0.4, -0.2) is 108 Å². The molecule has 21 heteroatoms. The smallest absolute Gasteiger partial charge is 0.309 e. The van der Waals surface area contributed by atoms with Gasteiger partial charge in [0, 0.05) is 64.4 Å². The third-order valence-electron chi connectivity index (χ3n) is 13.0. The van der Waals surface area contributed by atoms with Crippen molar-refractivity contribution in [2.45, 2.75) is 53.4 Å². The van der Waals surface area contributed by atoms with Gasteiger partial charge in [0.1, 0.15) is 63.2 Å². The average Bonchev–Trinajstić information content (AvgIpc) is 1.05. The molecule has 0 radical (unpaired) electrons. The number of rotatable bonds is 26. The molecule has 0 amide bonds. The van der Waals surface area contributed by atoms with Crippen LogP contribution in [0.1, 0.15) is 49.9 Å². The molecule has 498 valence electrons. The number of methoxy groups -OCH3 is 6. The summed E-state index contributed by atoms with van der Waals surface area (Å²) >= 11 is 3.41. The first-order chi connectivity index (χ1) is 46.0. The molecule has 0 spiro atoms. The summed E-state index contributed by atoms with van der Waals surface area (Å²) in [6.45, 7) is 9.65. The second-order valence-electron chi connectivity index (χ2n) is 20.0. The van der Waals surface area contributed by atoms with Gasteiger partial charge >= 0.3 is 23.9 Å². The monoisotopic (exact) mass is 1360 g/mol. The number of halogens is 1. The Morgan fingerprint density at radius 1 is 0.347 bits per heavy atom. The summed E-state index contributed by atoms with van der Waals surface area (Å²) in [5.41, 5.74) is 6.80. The average molecular weight is 1360 g/mol. The Hall–Kier alpha value is -10.8. The summed E-state index contributed by atoms with van der Waals surface area (Å²) in [6.07, 6.45) is 4.10. The molecule has 20 nitrogen and oxygen atoms in total. The Balaban J connectivity index is 0.000000206. The number of hydrogen-bond acceptors (Lipinski definition) is 20. The van der Waals surface area contributed by atoms with E-state index in [-0.39, 0.29) is 55.3 Å². The van der Waals surface area contributed by atoms with Gasteiger partial charge in [0.15, 0.2) is 0 Å². The highest BCUT2D eigenvalue weighted by molar-refractivity contribution is 9.10. The van der Waals surface area contributed by atoms with Crippen LogP contribution in [-0.2, 0) is 63.8 Å². The zero-order valence-electron chi connectivity index (χ0n) is 54.6. The lowest BCUT2D eigenvalue weighted by molar-refractivity contribution is -0.140. The predicted molar refractivity (Wildman–Crippen MR) is 362 cm³/mol. The van der Waals surface area contributed by atoms with E-state index in [1.165, 1.54) is 40.6 Å². The minimum Gasteiger partial charge on any atom is -0.508 e. The van der Waals surface area contributed by atoms with Crippen molar-refractivity contribution >= 4 is 39.8 Å². The van der Waals surface area contributed by atoms with E-state index < -0.39 is 0 Å². The Morgan fingerprint density at radius 2 is 0.663 bits per heavy atom. The second kappa shape index (κ2) is 38.9. The minimum atomic E-state index is -0.344.